The van der Waals surface area contributed by atoms with Gasteiger partial charge in [-0.2, -0.15) is 0 Å². The average molecular weight is 635 g/mol. The van der Waals surface area contributed by atoms with E-state index < -0.39 is 0 Å². The Morgan fingerprint density at radius 2 is 1.39 bits per heavy atom. The lowest BCUT2D eigenvalue weighted by Gasteiger charge is -2.13. The van der Waals surface area contributed by atoms with Crippen molar-refractivity contribution in [2.75, 3.05) is 6.54 Å². The molecule has 9 rings (SSSR count). The van der Waals surface area contributed by atoms with Gasteiger partial charge in [-0.1, -0.05) is 36.4 Å². The van der Waals surface area contributed by atoms with Crippen LogP contribution in [-0.4, -0.2) is 30.6 Å². The number of pyridine rings is 3. The first-order chi connectivity index (χ1) is 24.2. The number of nitrogens with zero attached hydrogens (tertiary/aromatic N) is 5. The zero-order chi connectivity index (χ0) is 32.7. The maximum absolute atomic E-state index is 4.88. The van der Waals surface area contributed by atoms with E-state index in [2.05, 4.69) is 136 Å². The average Bonchev–Trinajstić information content (AvgIpc) is 3.67. The van der Waals surface area contributed by atoms with Gasteiger partial charge in [-0.3, -0.25) is 15.0 Å². The van der Waals surface area contributed by atoms with Gasteiger partial charge in [0.15, 0.2) is 0 Å². The maximum atomic E-state index is 4.88. The molecule has 0 unspecified atom stereocenters. The summed E-state index contributed by atoms with van der Waals surface area (Å²) in [6.45, 7) is 3.02. The molecule has 6 heterocycles. The number of nitrogens with one attached hydrogen (secondary N) is 1. The van der Waals surface area contributed by atoms with Gasteiger partial charge in [-0.05, 0) is 127 Å². The molecule has 0 atom stereocenters. The van der Waals surface area contributed by atoms with Crippen molar-refractivity contribution in [2.45, 2.75) is 19.8 Å². The van der Waals surface area contributed by atoms with Crippen molar-refractivity contribution in [1.82, 2.24) is 29.4 Å². The Bertz CT molecular complexity index is 2620. The molecule has 8 aromatic rings. The smallest absolute Gasteiger partial charge is 0.0963 e. The van der Waals surface area contributed by atoms with Gasteiger partial charge in [0.25, 0.3) is 0 Å². The SMILES string of the molecule is C/C(=C/C1=CC=CCN1)c1ccc2c(c1)c1ncccc1n2-c1cccc(-n2c3ccc(CCc4ccccn4)cc3c3ncccc32)c1. The van der Waals surface area contributed by atoms with Gasteiger partial charge in [0.05, 0.1) is 33.1 Å². The van der Waals surface area contributed by atoms with Crippen LogP contribution < -0.4 is 5.32 Å². The van der Waals surface area contributed by atoms with Crippen molar-refractivity contribution in [1.29, 1.82) is 0 Å². The fourth-order valence-corrected chi connectivity index (χ4v) is 7.16. The second-order valence-electron chi connectivity index (χ2n) is 12.6. The molecule has 0 spiro atoms. The van der Waals surface area contributed by atoms with E-state index in [0.29, 0.717) is 0 Å². The fourth-order valence-electron chi connectivity index (χ4n) is 7.16. The zero-order valence-electron chi connectivity index (χ0n) is 27.2. The van der Waals surface area contributed by atoms with Crippen LogP contribution in [0.25, 0.3) is 60.8 Å². The summed E-state index contributed by atoms with van der Waals surface area (Å²) in [6.07, 6.45) is 16.0. The molecule has 0 radical (unpaired) electrons. The topological polar surface area (TPSA) is 60.6 Å². The molecule has 0 fully saturated rings. The molecule has 6 heteroatoms. The van der Waals surface area contributed by atoms with Crippen LogP contribution >= 0.6 is 0 Å². The molecule has 0 amide bonds. The Hall–Kier alpha value is -6.27. The van der Waals surface area contributed by atoms with Gasteiger partial charge in [0.2, 0.25) is 0 Å². The molecule has 1 N–H and O–H groups in total. The van der Waals surface area contributed by atoms with Crippen LogP contribution in [0.4, 0.5) is 0 Å². The van der Waals surface area contributed by atoms with Crippen LogP contribution in [0.15, 0.2) is 152 Å². The summed E-state index contributed by atoms with van der Waals surface area (Å²) in [5, 5.41) is 5.73. The molecular weight excluding hydrogens is 601 g/mol. The van der Waals surface area contributed by atoms with Crippen molar-refractivity contribution in [3.63, 3.8) is 0 Å². The minimum Gasteiger partial charge on any atom is -0.382 e. The van der Waals surface area contributed by atoms with Crippen LogP contribution in [0.5, 0.6) is 0 Å². The first-order valence-electron chi connectivity index (χ1n) is 16.8. The summed E-state index contributed by atoms with van der Waals surface area (Å²) >= 11 is 0. The van der Waals surface area contributed by atoms with Crippen molar-refractivity contribution in [3.05, 3.63) is 169 Å². The van der Waals surface area contributed by atoms with Crippen LogP contribution in [0.3, 0.4) is 0 Å². The highest BCUT2D eigenvalue weighted by molar-refractivity contribution is 6.09. The molecule has 6 nitrogen and oxygen atoms in total. The lowest BCUT2D eigenvalue weighted by molar-refractivity contribution is 0.915. The van der Waals surface area contributed by atoms with E-state index in [1.54, 1.807) is 0 Å². The summed E-state index contributed by atoms with van der Waals surface area (Å²) in [7, 11) is 0. The summed E-state index contributed by atoms with van der Waals surface area (Å²) in [5.74, 6) is 0. The monoisotopic (exact) mass is 634 g/mol. The molecule has 0 saturated carbocycles. The summed E-state index contributed by atoms with van der Waals surface area (Å²) in [4.78, 5) is 14.3. The highest BCUT2D eigenvalue weighted by Crippen LogP contribution is 2.36. The summed E-state index contributed by atoms with van der Waals surface area (Å²) in [5.41, 5.74) is 14.5. The molecule has 236 valence electrons. The molecular formula is C43H34N6. The minimum absolute atomic E-state index is 0.851. The molecule has 0 aliphatic carbocycles. The number of dihydropyridines is 1. The second kappa shape index (κ2) is 12.1. The molecule has 5 aromatic heterocycles. The Morgan fingerprint density at radius 3 is 2.08 bits per heavy atom. The number of benzene rings is 3. The van der Waals surface area contributed by atoms with Crippen LogP contribution in [0, 0.1) is 0 Å². The van der Waals surface area contributed by atoms with E-state index in [1.807, 2.05) is 36.8 Å². The van der Waals surface area contributed by atoms with Crippen LogP contribution in [0.2, 0.25) is 0 Å². The van der Waals surface area contributed by atoms with Gasteiger partial charge >= 0.3 is 0 Å². The Morgan fingerprint density at radius 1 is 0.673 bits per heavy atom. The second-order valence-corrected chi connectivity index (χ2v) is 12.6. The highest BCUT2D eigenvalue weighted by atomic mass is 15.0. The number of aryl methyl sites for hydroxylation is 2. The number of fused-ring (bicyclic) bond motifs is 6. The van der Waals surface area contributed by atoms with Crippen molar-refractivity contribution >= 4 is 49.4 Å². The van der Waals surface area contributed by atoms with Gasteiger partial charge < -0.3 is 14.5 Å². The van der Waals surface area contributed by atoms with Gasteiger partial charge in [-0.25, -0.2) is 0 Å². The van der Waals surface area contributed by atoms with E-state index in [9.17, 15) is 0 Å². The van der Waals surface area contributed by atoms with Gasteiger partial charge in [0, 0.05) is 58.7 Å². The third kappa shape index (κ3) is 5.18. The van der Waals surface area contributed by atoms with Crippen molar-refractivity contribution in [3.8, 4) is 11.4 Å². The van der Waals surface area contributed by atoms with E-state index in [4.69, 9.17) is 9.97 Å². The van der Waals surface area contributed by atoms with E-state index >= 15 is 0 Å². The number of rotatable bonds is 7. The van der Waals surface area contributed by atoms with Crippen molar-refractivity contribution in [2.24, 2.45) is 0 Å². The van der Waals surface area contributed by atoms with Gasteiger partial charge in [-0.15, -0.1) is 0 Å². The Balaban J connectivity index is 1.15. The molecule has 1 aliphatic heterocycles. The lowest BCUT2D eigenvalue weighted by Crippen LogP contribution is -2.13. The molecule has 0 bridgehead atoms. The maximum Gasteiger partial charge on any atom is 0.0963 e. The largest absolute Gasteiger partial charge is 0.382 e. The number of allylic oxidation sites excluding steroid dienone is 4. The van der Waals surface area contributed by atoms with E-state index in [0.717, 1.165) is 86.0 Å². The predicted molar refractivity (Wildman–Crippen MR) is 201 cm³/mol. The third-order valence-corrected chi connectivity index (χ3v) is 9.51. The molecule has 49 heavy (non-hydrogen) atoms. The third-order valence-electron chi connectivity index (χ3n) is 9.51. The first-order valence-corrected chi connectivity index (χ1v) is 16.8. The number of hydrogen-bond acceptors (Lipinski definition) is 4. The van der Waals surface area contributed by atoms with Gasteiger partial charge in [0.1, 0.15) is 0 Å². The summed E-state index contributed by atoms with van der Waals surface area (Å²) < 4.78 is 4.67. The Labute approximate surface area is 284 Å². The van der Waals surface area contributed by atoms with Crippen LogP contribution in [-0.2, 0) is 12.8 Å². The Kier molecular flexibility index (Phi) is 7.12. The lowest BCUT2D eigenvalue weighted by atomic mass is 10.0. The van der Waals surface area contributed by atoms with Crippen LogP contribution in [0.1, 0.15) is 23.7 Å². The zero-order valence-corrected chi connectivity index (χ0v) is 27.2. The highest BCUT2D eigenvalue weighted by Gasteiger charge is 2.17. The first kappa shape index (κ1) is 28.9. The summed E-state index contributed by atoms with van der Waals surface area (Å²) in [6, 6.07) is 36.8. The molecule has 0 saturated heterocycles. The number of aromatic nitrogens is 5. The quantitative estimate of drug-likeness (QED) is 0.190. The minimum atomic E-state index is 0.851. The number of hydrogen-bond donors (Lipinski definition) is 1. The molecule has 3 aromatic carbocycles. The normalized spacial score (nSPS) is 13.4. The predicted octanol–water partition coefficient (Wildman–Crippen LogP) is 9.30. The fraction of sp³-hybridized carbons (Fsp3) is 0.0930. The van der Waals surface area contributed by atoms with Crippen molar-refractivity contribution < 1.29 is 0 Å². The standard InChI is InChI=1S/C43H34N6/c1-29(25-33-10-3-5-22-45-33)31-17-20-39-37(27-31)43-41(14-8-24-47-43)49(39)35-12-6-11-34(28-35)48-38-19-16-30(15-18-32-9-2-4-21-44-32)26-36(38)42-40(48)13-7-23-46-42/h2-14,16-17,19-21,23-28,45H,15,18,22H2,1H3/b29-25-. The van der Waals surface area contributed by atoms with E-state index in [1.165, 1.54) is 16.7 Å². The molecule has 1 aliphatic rings. The van der Waals surface area contributed by atoms with E-state index in [-0.39, 0.29) is 0 Å².